The van der Waals surface area contributed by atoms with Crippen LogP contribution in [-0.2, 0) is 0 Å². The zero-order valence-electron chi connectivity index (χ0n) is 28.4. The van der Waals surface area contributed by atoms with Crippen molar-refractivity contribution in [2.45, 2.75) is 0 Å². The Labute approximate surface area is 307 Å². The molecular formula is C50H33NS. The van der Waals surface area contributed by atoms with E-state index in [2.05, 4.69) is 205 Å². The van der Waals surface area contributed by atoms with Crippen molar-refractivity contribution in [2.75, 3.05) is 4.90 Å². The van der Waals surface area contributed by atoms with Crippen LogP contribution < -0.4 is 4.90 Å². The summed E-state index contributed by atoms with van der Waals surface area (Å²) < 4.78 is 2.67. The van der Waals surface area contributed by atoms with Crippen LogP contribution in [0.2, 0.25) is 0 Å². The second-order valence-corrected chi connectivity index (χ2v) is 14.4. The van der Waals surface area contributed by atoms with Crippen LogP contribution >= 0.6 is 11.3 Å². The van der Waals surface area contributed by atoms with Crippen molar-refractivity contribution in [1.29, 1.82) is 0 Å². The Balaban J connectivity index is 1.11. The molecule has 2 heteroatoms. The quantitative estimate of drug-likeness (QED) is 0.158. The summed E-state index contributed by atoms with van der Waals surface area (Å²) in [6.45, 7) is 0. The molecule has 0 saturated carbocycles. The molecular weight excluding hydrogens is 647 g/mol. The lowest BCUT2D eigenvalue weighted by molar-refractivity contribution is 1.28. The van der Waals surface area contributed by atoms with Crippen LogP contribution in [0.5, 0.6) is 0 Å². The molecule has 0 aliphatic carbocycles. The van der Waals surface area contributed by atoms with Gasteiger partial charge >= 0.3 is 0 Å². The van der Waals surface area contributed by atoms with E-state index < -0.39 is 0 Å². The van der Waals surface area contributed by atoms with Crippen molar-refractivity contribution >= 4 is 70.1 Å². The Morgan fingerprint density at radius 1 is 0.288 bits per heavy atom. The minimum Gasteiger partial charge on any atom is -0.310 e. The second kappa shape index (κ2) is 12.7. The normalized spacial score (nSPS) is 11.5. The summed E-state index contributed by atoms with van der Waals surface area (Å²) in [5.74, 6) is 0. The van der Waals surface area contributed by atoms with Gasteiger partial charge in [0.15, 0.2) is 0 Å². The molecule has 0 fully saturated rings. The summed E-state index contributed by atoms with van der Waals surface area (Å²) in [5, 5.41) is 7.86. The Morgan fingerprint density at radius 3 is 1.50 bits per heavy atom. The van der Waals surface area contributed by atoms with Crippen LogP contribution in [0.15, 0.2) is 200 Å². The van der Waals surface area contributed by atoms with Crippen molar-refractivity contribution in [3.05, 3.63) is 200 Å². The fraction of sp³-hybridized carbons (Fsp3) is 0. The average molecular weight is 680 g/mol. The third-order valence-electron chi connectivity index (χ3n) is 10.2. The zero-order valence-corrected chi connectivity index (χ0v) is 29.2. The van der Waals surface area contributed by atoms with Crippen molar-refractivity contribution in [1.82, 2.24) is 0 Å². The molecule has 0 saturated heterocycles. The molecule has 0 aliphatic rings. The van der Waals surface area contributed by atoms with Crippen LogP contribution in [0.4, 0.5) is 17.1 Å². The van der Waals surface area contributed by atoms with Crippen molar-refractivity contribution in [3.63, 3.8) is 0 Å². The summed E-state index contributed by atoms with van der Waals surface area (Å²) in [6, 6.07) is 72.8. The zero-order chi connectivity index (χ0) is 34.4. The van der Waals surface area contributed by atoms with Gasteiger partial charge in [0.05, 0.1) is 0 Å². The third kappa shape index (κ3) is 5.33. The molecule has 0 radical (unpaired) electrons. The molecule has 1 heterocycles. The number of anilines is 3. The average Bonchev–Trinajstić information content (AvgIpc) is 3.61. The van der Waals surface area contributed by atoms with E-state index in [1.54, 1.807) is 0 Å². The van der Waals surface area contributed by atoms with Crippen molar-refractivity contribution in [3.8, 4) is 33.4 Å². The van der Waals surface area contributed by atoms with E-state index in [-0.39, 0.29) is 0 Å². The molecule has 1 nitrogen and oxygen atoms in total. The van der Waals surface area contributed by atoms with Gasteiger partial charge in [0.1, 0.15) is 0 Å². The van der Waals surface area contributed by atoms with Crippen molar-refractivity contribution in [2.24, 2.45) is 0 Å². The maximum atomic E-state index is 2.40. The summed E-state index contributed by atoms with van der Waals surface area (Å²) in [6.07, 6.45) is 0. The molecule has 0 unspecified atom stereocenters. The fourth-order valence-corrected chi connectivity index (χ4v) is 8.79. The molecule has 52 heavy (non-hydrogen) atoms. The van der Waals surface area contributed by atoms with Gasteiger partial charge in [-0.1, -0.05) is 146 Å². The van der Waals surface area contributed by atoms with Gasteiger partial charge in [-0.05, 0) is 110 Å². The predicted octanol–water partition coefficient (Wildman–Crippen LogP) is 14.8. The summed E-state index contributed by atoms with van der Waals surface area (Å²) in [7, 11) is 0. The Kier molecular flexibility index (Phi) is 7.41. The maximum absolute atomic E-state index is 2.40. The second-order valence-electron chi connectivity index (χ2n) is 13.3. The maximum Gasteiger partial charge on any atom is 0.0467 e. The molecule has 1 aromatic heterocycles. The smallest absolute Gasteiger partial charge is 0.0467 e. The Bertz CT molecular complexity index is 2790. The number of hydrogen-bond donors (Lipinski definition) is 0. The van der Waals surface area contributed by atoms with Crippen LogP contribution in [-0.4, -0.2) is 0 Å². The van der Waals surface area contributed by atoms with E-state index in [0.717, 1.165) is 17.1 Å². The molecule has 10 rings (SSSR count). The highest BCUT2D eigenvalue weighted by Crippen LogP contribution is 2.43. The SMILES string of the molecule is c1ccc(-c2ccc(N(c3ccc(-c4ccccc4)cc3)c3cccc(-c4ccc5ccc6ccc7sc8ccccc8c7c6c5c4)c3)cc2)cc1. The largest absolute Gasteiger partial charge is 0.310 e. The molecule has 0 N–H and O–H groups in total. The van der Waals surface area contributed by atoms with Gasteiger partial charge in [0.25, 0.3) is 0 Å². The van der Waals surface area contributed by atoms with E-state index >= 15 is 0 Å². The summed E-state index contributed by atoms with van der Waals surface area (Å²) >= 11 is 1.88. The van der Waals surface area contributed by atoms with Crippen LogP contribution in [0, 0.1) is 0 Å². The first-order valence-corrected chi connectivity index (χ1v) is 18.6. The monoisotopic (exact) mass is 679 g/mol. The lowest BCUT2D eigenvalue weighted by atomic mass is 9.94. The van der Waals surface area contributed by atoms with Crippen LogP contribution in [0.3, 0.4) is 0 Å². The number of thiophene rings is 1. The number of benzene rings is 9. The predicted molar refractivity (Wildman–Crippen MR) is 225 cm³/mol. The lowest BCUT2D eigenvalue weighted by Crippen LogP contribution is -2.10. The van der Waals surface area contributed by atoms with Gasteiger partial charge in [0.2, 0.25) is 0 Å². The molecule has 0 spiro atoms. The van der Waals surface area contributed by atoms with Crippen LogP contribution in [0.25, 0.3) is 75.1 Å². The molecule has 0 amide bonds. The highest BCUT2D eigenvalue weighted by Gasteiger charge is 2.16. The molecule has 244 valence electrons. The first kappa shape index (κ1) is 30.4. The Hall–Kier alpha value is -6.48. The van der Waals surface area contributed by atoms with E-state index in [0.29, 0.717) is 0 Å². The van der Waals surface area contributed by atoms with E-state index in [4.69, 9.17) is 0 Å². The van der Waals surface area contributed by atoms with Gasteiger partial charge < -0.3 is 4.90 Å². The minimum atomic E-state index is 1.11. The molecule has 0 atom stereocenters. The van der Waals surface area contributed by atoms with Gasteiger partial charge in [-0.15, -0.1) is 11.3 Å². The first-order chi connectivity index (χ1) is 25.8. The lowest BCUT2D eigenvalue weighted by Gasteiger charge is -2.26. The molecule has 10 aromatic rings. The molecule has 0 aliphatic heterocycles. The van der Waals surface area contributed by atoms with Gasteiger partial charge in [0, 0.05) is 37.2 Å². The Morgan fingerprint density at radius 2 is 0.808 bits per heavy atom. The van der Waals surface area contributed by atoms with Crippen LogP contribution in [0.1, 0.15) is 0 Å². The van der Waals surface area contributed by atoms with Gasteiger partial charge in [-0.2, -0.15) is 0 Å². The van der Waals surface area contributed by atoms with Gasteiger partial charge in [-0.25, -0.2) is 0 Å². The number of hydrogen-bond acceptors (Lipinski definition) is 2. The van der Waals surface area contributed by atoms with E-state index in [1.807, 2.05) is 11.3 Å². The van der Waals surface area contributed by atoms with E-state index in [9.17, 15) is 0 Å². The van der Waals surface area contributed by atoms with E-state index in [1.165, 1.54) is 75.1 Å². The third-order valence-corrected chi connectivity index (χ3v) is 11.4. The summed E-state index contributed by atoms with van der Waals surface area (Å²) in [4.78, 5) is 2.37. The highest BCUT2D eigenvalue weighted by atomic mass is 32.1. The van der Waals surface area contributed by atoms with Gasteiger partial charge in [-0.3, -0.25) is 0 Å². The standard InChI is InChI=1S/C50H33NS/c1-3-10-34(11-4-1)36-22-27-42(28-23-36)51(43-29-24-37(25-30-43)35-12-5-2-6-13-35)44-15-9-14-40(32-44)41-21-19-38-18-20-39-26-31-48-50(49(39)46(38)33-41)45-16-7-8-17-47(45)52-48/h1-33H. The fourth-order valence-electron chi connectivity index (χ4n) is 7.68. The molecule has 9 aromatic carbocycles. The molecule has 0 bridgehead atoms. The topological polar surface area (TPSA) is 3.24 Å². The minimum absolute atomic E-state index is 1.11. The number of nitrogens with zero attached hydrogens (tertiary/aromatic N) is 1. The number of rotatable bonds is 6. The number of fused-ring (bicyclic) bond motifs is 7. The highest BCUT2D eigenvalue weighted by molar-refractivity contribution is 7.26. The summed E-state index contributed by atoms with van der Waals surface area (Å²) in [5.41, 5.74) is 10.6. The first-order valence-electron chi connectivity index (χ1n) is 17.8. The van der Waals surface area contributed by atoms with Crippen molar-refractivity contribution < 1.29 is 0 Å².